The topological polar surface area (TPSA) is 88.4 Å². The predicted molar refractivity (Wildman–Crippen MR) is 70.9 cm³/mol. The van der Waals surface area contributed by atoms with Crippen molar-refractivity contribution in [2.24, 2.45) is 0 Å². The van der Waals surface area contributed by atoms with E-state index in [0.29, 0.717) is 0 Å². The fraction of sp³-hybridized carbons (Fsp3) is 1.00. The van der Waals surface area contributed by atoms with Gasteiger partial charge in [0.2, 0.25) is 0 Å². The highest BCUT2D eigenvalue weighted by molar-refractivity contribution is 4.91. The molecule has 20 heavy (non-hydrogen) atoms. The van der Waals surface area contributed by atoms with Crippen molar-refractivity contribution in [2.45, 2.75) is 82.4 Å². The van der Waals surface area contributed by atoms with Gasteiger partial charge in [0, 0.05) is 0 Å². The van der Waals surface area contributed by atoms with Crippen molar-refractivity contribution in [1.29, 1.82) is 0 Å². The van der Waals surface area contributed by atoms with Gasteiger partial charge in [0.15, 0.2) is 12.6 Å². The highest BCUT2D eigenvalue weighted by Gasteiger charge is 2.47. The summed E-state index contributed by atoms with van der Waals surface area (Å²) in [5.41, 5.74) is 0. The van der Waals surface area contributed by atoms with Crippen LogP contribution >= 0.6 is 0 Å². The molecule has 2 aliphatic heterocycles. The molecule has 2 rings (SSSR count). The zero-order valence-electron chi connectivity index (χ0n) is 12.0. The normalized spacial score (nSPS) is 41.4. The summed E-state index contributed by atoms with van der Waals surface area (Å²) >= 11 is 0. The van der Waals surface area contributed by atoms with E-state index in [1.54, 1.807) is 0 Å². The Labute approximate surface area is 119 Å². The summed E-state index contributed by atoms with van der Waals surface area (Å²) in [5.74, 6) is 0. The zero-order valence-corrected chi connectivity index (χ0v) is 12.0. The van der Waals surface area contributed by atoms with E-state index in [-0.39, 0.29) is 12.9 Å². The van der Waals surface area contributed by atoms with Crippen LogP contribution in [0.15, 0.2) is 0 Å². The van der Waals surface area contributed by atoms with Crippen LogP contribution in [0, 0.1) is 0 Å². The van der Waals surface area contributed by atoms with Gasteiger partial charge in [-0.2, -0.15) is 0 Å². The summed E-state index contributed by atoms with van der Waals surface area (Å²) in [4.78, 5) is 0. The SMILES string of the molecule is CCCCCCCC1OC[C@H]2O[C@H](O)[C@H](O)[C@@H](O)[C@@H]2O1. The molecule has 118 valence electrons. The molecule has 2 heterocycles. The molecule has 0 aromatic rings. The number of fused-ring (bicyclic) bond motifs is 1. The molecule has 0 radical (unpaired) electrons. The fourth-order valence-electron chi connectivity index (χ4n) is 2.70. The lowest BCUT2D eigenvalue weighted by Crippen LogP contribution is -2.62. The number of hydrogen-bond acceptors (Lipinski definition) is 6. The van der Waals surface area contributed by atoms with E-state index in [1.165, 1.54) is 19.3 Å². The Morgan fingerprint density at radius 2 is 1.70 bits per heavy atom. The lowest BCUT2D eigenvalue weighted by atomic mass is 9.98. The van der Waals surface area contributed by atoms with Crippen molar-refractivity contribution in [3.8, 4) is 0 Å². The van der Waals surface area contributed by atoms with E-state index in [9.17, 15) is 15.3 Å². The third-order valence-corrected chi connectivity index (χ3v) is 3.96. The minimum absolute atomic E-state index is 0.269. The third kappa shape index (κ3) is 3.90. The smallest absolute Gasteiger partial charge is 0.184 e. The molecule has 6 atom stereocenters. The van der Waals surface area contributed by atoms with Crippen LogP contribution in [0.2, 0.25) is 0 Å². The summed E-state index contributed by atoms with van der Waals surface area (Å²) in [5, 5.41) is 29.0. The third-order valence-electron chi connectivity index (χ3n) is 3.96. The molecule has 1 unspecified atom stereocenters. The van der Waals surface area contributed by atoms with Crippen LogP contribution in [0.5, 0.6) is 0 Å². The summed E-state index contributed by atoms with van der Waals surface area (Å²) in [6.45, 7) is 2.45. The van der Waals surface area contributed by atoms with Crippen molar-refractivity contribution < 1.29 is 29.5 Å². The van der Waals surface area contributed by atoms with Crippen LogP contribution in [-0.2, 0) is 14.2 Å². The molecule has 6 nitrogen and oxygen atoms in total. The summed E-state index contributed by atoms with van der Waals surface area (Å²) in [7, 11) is 0. The monoisotopic (exact) mass is 290 g/mol. The zero-order chi connectivity index (χ0) is 14.5. The molecule has 0 saturated carbocycles. The second-order valence-electron chi connectivity index (χ2n) is 5.61. The maximum absolute atomic E-state index is 9.93. The first-order chi connectivity index (χ1) is 9.63. The number of aliphatic hydroxyl groups excluding tert-OH is 3. The second kappa shape index (κ2) is 7.68. The van der Waals surface area contributed by atoms with E-state index in [1.807, 2.05) is 0 Å². The molecule has 0 spiro atoms. The molecule has 2 fully saturated rings. The average molecular weight is 290 g/mol. The van der Waals surface area contributed by atoms with Gasteiger partial charge in [-0.3, -0.25) is 0 Å². The Bertz CT molecular complexity index is 285. The van der Waals surface area contributed by atoms with Gasteiger partial charge in [0.25, 0.3) is 0 Å². The maximum Gasteiger partial charge on any atom is 0.184 e. The average Bonchev–Trinajstić information content (AvgIpc) is 2.45. The van der Waals surface area contributed by atoms with Gasteiger partial charge in [-0.1, -0.05) is 32.6 Å². The molecule has 0 aromatic heterocycles. The Balaban J connectivity index is 1.74. The minimum atomic E-state index is -1.39. The van der Waals surface area contributed by atoms with Gasteiger partial charge in [-0.25, -0.2) is 0 Å². The van der Waals surface area contributed by atoms with E-state index in [4.69, 9.17) is 14.2 Å². The van der Waals surface area contributed by atoms with Crippen LogP contribution in [0.25, 0.3) is 0 Å². The summed E-state index contributed by atoms with van der Waals surface area (Å²) in [6.07, 6.45) is 1.22. The molecule has 3 N–H and O–H groups in total. The number of rotatable bonds is 6. The molecular formula is C14H26O6. The Morgan fingerprint density at radius 3 is 2.45 bits per heavy atom. The van der Waals surface area contributed by atoms with Crippen molar-refractivity contribution in [3.05, 3.63) is 0 Å². The van der Waals surface area contributed by atoms with Crippen LogP contribution < -0.4 is 0 Å². The number of unbranched alkanes of at least 4 members (excludes halogenated alkanes) is 4. The maximum atomic E-state index is 9.93. The quantitative estimate of drug-likeness (QED) is 0.618. The number of hydrogen-bond donors (Lipinski definition) is 3. The van der Waals surface area contributed by atoms with Gasteiger partial charge in [0.1, 0.15) is 24.4 Å². The van der Waals surface area contributed by atoms with E-state index in [0.717, 1.165) is 19.3 Å². The van der Waals surface area contributed by atoms with Crippen LogP contribution in [0.1, 0.15) is 45.4 Å². The highest BCUT2D eigenvalue weighted by Crippen LogP contribution is 2.29. The molecule has 0 aromatic carbocycles. The Kier molecular flexibility index (Phi) is 6.20. The largest absolute Gasteiger partial charge is 0.387 e. The molecule has 6 heteroatoms. The minimum Gasteiger partial charge on any atom is -0.387 e. The van der Waals surface area contributed by atoms with Crippen LogP contribution in [-0.4, -0.2) is 58.9 Å². The van der Waals surface area contributed by atoms with Crippen LogP contribution in [0.3, 0.4) is 0 Å². The first-order valence-electron chi connectivity index (χ1n) is 7.60. The highest BCUT2D eigenvalue weighted by atomic mass is 16.7. The predicted octanol–water partition coefficient (Wildman–Crippen LogP) is 0.527. The van der Waals surface area contributed by atoms with Crippen molar-refractivity contribution in [1.82, 2.24) is 0 Å². The lowest BCUT2D eigenvalue weighted by Gasteiger charge is -2.45. The summed E-state index contributed by atoms with van der Waals surface area (Å²) < 4.78 is 16.4. The molecular weight excluding hydrogens is 264 g/mol. The van der Waals surface area contributed by atoms with E-state index < -0.39 is 30.7 Å². The molecule has 2 saturated heterocycles. The number of aliphatic hydroxyl groups is 3. The first kappa shape index (κ1) is 16.1. The Hall–Kier alpha value is -0.240. The molecule has 2 aliphatic rings. The first-order valence-corrected chi connectivity index (χ1v) is 7.60. The van der Waals surface area contributed by atoms with Gasteiger partial charge in [0.05, 0.1) is 6.61 Å². The van der Waals surface area contributed by atoms with E-state index >= 15 is 0 Å². The lowest BCUT2D eigenvalue weighted by molar-refractivity contribution is -0.352. The van der Waals surface area contributed by atoms with Crippen molar-refractivity contribution >= 4 is 0 Å². The van der Waals surface area contributed by atoms with Gasteiger partial charge in [-0.05, 0) is 12.8 Å². The summed E-state index contributed by atoms with van der Waals surface area (Å²) in [6, 6.07) is 0. The van der Waals surface area contributed by atoms with Gasteiger partial charge >= 0.3 is 0 Å². The standard InChI is InChI=1S/C14H26O6/c1-2-3-4-5-6-7-10-18-8-9-13(20-10)11(15)12(16)14(17)19-9/h9-17H,2-8H2,1H3/t9-,10?,11-,12-,13-,14+/m1/s1. The molecule has 0 bridgehead atoms. The fourth-order valence-corrected chi connectivity index (χ4v) is 2.70. The van der Waals surface area contributed by atoms with Crippen molar-refractivity contribution in [3.63, 3.8) is 0 Å². The Morgan fingerprint density at radius 1 is 0.950 bits per heavy atom. The van der Waals surface area contributed by atoms with Crippen molar-refractivity contribution in [2.75, 3.05) is 6.61 Å². The number of ether oxygens (including phenoxy) is 3. The molecule has 0 amide bonds. The second-order valence-corrected chi connectivity index (χ2v) is 5.61. The van der Waals surface area contributed by atoms with Crippen LogP contribution in [0.4, 0.5) is 0 Å². The van der Waals surface area contributed by atoms with E-state index in [2.05, 4.69) is 6.92 Å². The van der Waals surface area contributed by atoms with Gasteiger partial charge in [-0.15, -0.1) is 0 Å². The molecule has 0 aliphatic carbocycles. The van der Waals surface area contributed by atoms with Gasteiger partial charge < -0.3 is 29.5 Å².